The number of carbonyl (C=O) groups is 2. The first-order valence-corrected chi connectivity index (χ1v) is 9.58. The molecule has 0 spiro atoms. The predicted octanol–water partition coefficient (Wildman–Crippen LogP) is 3.67. The van der Waals surface area contributed by atoms with Crippen LogP contribution in [0.5, 0.6) is 0 Å². The molecule has 1 unspecified atom stereocenters. The number of anilines is 1. The van der Waals surface area contributed by atoms with Crippen molar-refractivity contribution in [2.24, 2.45) is 0 Å². The lowest BCUT2D eigenvalue weighted by molar-refractivity contribution is 0.0181. The van der Waals surface area contributed by atoms with Crippen LogP contribution in [0.4, 0.5) is 15.5 Å². The van der Waals surface area contributed by atoms with Gasteiger partial charge in [-0.3, -0.25) is 0 Å². The second kappa shape index (κ2) is 8.46. The molecule has 1 aromatic rings. The quantitative estimate of drug-likeness (QED) is 0.729. The van der Waals surface area contributed by atoms with Gasteiger partial charge in [-0.25, -0.2) is 24.5 Å². The fraction of sp³-hybridized carbons (Fsp3) is 0.722. The maximum Gasteiger partial charge on any atom is 0.417 e. The number of amides is 2. The summed E-state index contributed by atoms with van der Waals surface area (Å²) in [5, 5.41) is -0.0293. The van der Waals surface area contributed by atoms with Gasteiger partial charge in [-0.2, -0.15) is 4.98 Å². The van der Waals surface area contributed by atoms with Crippen LogP contribution in [-0.2, 0) is 9.47 Å². The molecule has 1 aromatic heterocycles. The molecule has 1 atom stereocenters. The number of carbonyl (C=O) groups excluding carboxylic acids is 2. The molecule has 2 heterocycles. The van der Waals surface area contributed by atoms with E-state index in [-0.39, 0.29) is 23.8 Å². The first-order valence-electron chi connectivity index (χ1n) is 9.20. The zero-order valence-corrected chi connectivity index (χ0v) is 18.0. The maximum atomic E-state index is 12.9. The molecule has 0 aromatic carbocycles. The van der Waals surface area contributed by atoms with Gasteiger partial charge in [0.15, 0.2) is 0 Å². The number of rotatable bonds is 2. The Hall–Kier alpha value is -2.16. The average molecular weight is 414 g/mol. The number of nitrogens with zero attached hydrogens (tertiary/aromatic N) is 5. The number of hydrogen-bond acceptors (Lipinski definition) is 7. The molecule has 1 fully saturated rings. The van der Waals surface area contributed by atoms with Crippen molar-refractivity contribution < 1.29 is 19.1 Å². The lowest BCUT2D eigenvalue weighted by Crippen LogP contribution is -2.54. The van der Waals surface area contributed by atoms with Crippen molar-refractivity contribution in [3.63, 3.8) is 0 Å². The number of hydrogen-bond donors (Lipinski definition) is 0. The third-order valence-corrected chi connectivity index (χ3v) is 3.93. The van der Waals surface area contributed by atoms with Crippen LogP contribution >= 0.6 is 11.6 Å². The molecule has 1 saturated heterocycles. The molecule has 0 aliphatic carbocycles. The monoisotopic (exact) mass is 413 g/mol. The van der Waals surface area contributed by atoms with Gasteiger partial charge in [-0.05, 0) is 66.0 Å². The Kier molecular flexibility index (Phi) is 6.69. The molecule has 2 amide bonds. The fourth-order valence-electron chi connectivity index (χ4n) is 2.75. The highest BCUT2D eigenvalue weighted by Gasteiger charge is 2.37. The van der Waals surface area contributed by atoms with Gasteiger partial charge < -0.3 is 14.4 Å². The summed E-state index contributed by atoms with van der Waals surface area (Å²) in [6, 6.07) is -0.380. The van der Waals surface area contributed by atoms with E-state index >= 15 is 0 Å². The SMILES string of the molecule is CC(C)(C)OC(=O)N1CCCC(N(C(=O)OC(C)(C)C)c2ncnc(Cl)n2)C1. The van der Waals surface area contributed by atoms with Crippen molar-refractivity contribution in [3.05, 3.63) is 11.6 Å². The van der Waals surface area contributed by atoms with Crippen LogP contribution in [-0.4, -0.2) is 62.4 Å². The fourth-order valence-corrected chi connectivity index (χ4v) is 2.87. The molecule has 0 N–H and O–H groups in total. The minimum absolute atomic E-state index is 0.0293. The van der Waals surface area contributed by atoms with E-state index in [2.05, 4.69) is 15.0 Å². The molecule has 1 aliphatic heterocycles. The van der Waals surface area contributed by atoms with Crippen molar-refractivity contribution in [3.8, 4) is 0 Å². The summed E-state index contributed by atoms with van der Waals surface area (Å²) in [5.74, 6) is 0.0882. The summed E-state index contributed by atoms with van der Waals surface area (Å²) in [6.07, 6.45) is 1.56. The minimum atomic E-state index is -0.703. The molecule has 10 heteroatoms. The summed E-state index contributed by atoms with van der Waals surface area (Å²) in [7, 11) is 0. The highest BCUT2D eigenvalue weighted by Crippen LogP contribution is 2.24. The van der Waals surface area contributed by atoms with Gasteiger partial charge in [0.1, 0.15) is 17.5 Å². The molecule has 0 bridgehead atoms. The van der Waals surface area contributed by atoms with Crippen LogP contribution < -0.4 is 4.90 Å². The van der Waals surface area contributed by atoms with Crippen molar-refractivity contribution in [2.45, 2.75) is 71.6 Å². The van der Waals surface area contributed by atoms with E-state index in [9.17, 15) is 9.59 Å². The van der Waals surface area contributed by atoms with E-state index in [1.165, 1.54) is 11.2 Å². The Morgan fingerprint density at radius 3 is 2.36 bits per heavy atom. The Morgan fingerprint density at radius 2 is 1.79 bits per heavy atom. The number of piperidine rings is 1. The molecule has 0 saturated carbocycles. The molecule has 9 nitrogen and oxygen atoms in total. The van der Waals surface area contributed by atoms with Gasteiger partial charge in [-0.15, -0.1) is 0 Å². The minimum Gasteiger partial charge on any atom is -0.444 e. The van der Waals surface area contributed by atoms with Gasteiger partial charge in [0.05, 0.1) is 6.04 Å². The lowest BCUT2D eigenvalue weighted by Gasteiger charge is -2.38. The zero-order chi connectivity index (χ0) is 21.1. The Balaban J connectivity index is 2.27. The van der Waals surface area contributed by atoms with Crippen LogP contribution in [0.3, 0.4) is 0 Å². The van der Waals surface area contributed by atoms with E-state index in [4.69, 9.17) is 21.1 Å². The molecule has 28 heavy (non-hydrogen) atoms. The van der Waals surface area contributed by atoms with Gasteiger partial charge in [0.25, 0.3) is 0 Å². The average Bonchev–Trinajstić information content (AvgIpc) is 2.52. The first kappa shape index (κ1) is 22.1. The smallest absolute Gasteiger partial charge is 0.417 e. The largest absolute Gasteiger partial charge is 0.444 e. The van der Waals surface area contributed by atoms with Crippen molar-refractivity contribution in [2.75, 3.05) is 18.0 Å². The van der Waals surface area contributed by atoms with Crippen molar-refractivity contribution in [1.29, 1.82) is 0 Å². The highest BCUT2D eigenvalue weighted by molar-refractivity contribution is 6.28. The van der Waals surface area contributed by atoms with Crippen LogP contribution in [0.15, 0.2) is 6.33 Å². The Labute approximate surface area is 170 Å². The van der Waals surface area contributed by atoms with E-state index in [1.54, 1.807) is 25.7 Å². The van der Waals surface area contributed by atoms with Crippen LogP contribution in [0.1, 0.15) is 54.4 Å². The molecule has 0 radical (unpaired) electrons. The van der Waals surface area contributed by atoms with E-state index in [1.807, 2.05) is 20.8 Å². The summed E-state index contributed by atoms with van der Waals surface area (Å²) >= 11 is 5.89. The lowest BCUT2D eigenvalue weighted by atomic mass is 10.0. The number of likely N-dealkylation sites (tertiary alicyclic amines) is 1. The summed E-state index contributed by atoms with van der Waals surface area (Å²) < 4.78 is 11.0. The normalized spacial score (nSPS) is 17.8. The van der Waals surface area contributed by atoms with Crippen molar-refractivity contribution >= 4 is 29.7 Å². The standard InChI is InChI=1S/C18H28ClN5O4/c1-17(2,3)27-15(25)23-9-7-8-12(10-23)24(16(26)28-18(4,5)6)14-21-11-20-13(19)22-14/h11-12H,7-10H2,1-6H3. The highest BCUT2D eigenvalue weighted by atomic mass is 35.5. The molecule has 2 rings (SSSR count). The maximum absolute atomic E-state index is 12.9. The second-order valence-corrected chi connectivity index (χ2v) is 8.97. The first-order chi connectivity index (χ1) is 12.9. The van der Waals surface area contributed by atoms with Gasteiger partial charge in [0, 0.05) is 13.1 Å². The molecule has 156 valence electrons. The van der Waals surface area contributed by atoms with Crippen LogP contribution in [0.2, 0.25) is 5.28 Å². The summed E-state index contributed by atoms with van der Waals surface area (Å²) in [5.41, 5.74) is -1.30. The third-order valence-electron chi connectivity index (χ3n) is 3.75. The Bertz CT molecular complexity index is 717. The van der Waals surface area contributed by atoms with Crippen LogP contribution in [0, 0.1) is 0 Å². The second-order valence-electron chi connectivity index (χ2n) is 8.63. The van der Waals surface area contributed by atoms with E-state index in [0.717, 1.165) is 0 Å². The van der Waals surface area contributed by atoms with Gasteiger partial charge >= 0.3 is 12.2 Å². The molecular formula is C18H28ClN5O4. The topological polar surface area (TPSA) is 97.8 Å². The van der Waals surface area contributed by atoms with Crippen molar-refractivity contribution in [1.82, 2.24) is 19.9 Å². The number of halogens is 1. The third kappa shape index (κ3) is 6.47. The van der Waals surface area contributed by atoms with Gasteiger partial charge in [0.2, 0.25) is 11.2 Å². The Morgan fingerprint density at radius 1 is 1.14 bits per heavy atom. The summed E-state index contributed by atoms with van der Waals surface area (Å²) in [4.78, 5) is 40.2. The number of ether oxygens (including phenoxy) is 2. The van der Waals surface area contributed by atoms with Gasteiger partial charge in [-0.1, -0.05) is 0 Å². The molecule has 1 aliphatic rings. The summed E-state index contributed by atoms with van der Waals surface area (Å²) in [6.45, 7) is 11.6. The van der Waals surface area contributed by atoms with E-state index in [0.29, 0.717) is 19.4 Å². The predicted molar refractivity (Wildman–Crippen MR) is 104 cm³/mol. The van der Waals surface area contributed by atoms with E-state index < -0.39 is 23.4 Å². The van der Waals surface area contributed by atoms with Crippen LogP contribution in [0.25, 0.3) is 0 Å². The zero-order valence-electron chi connectivity index (χ0n) is 17.2. The molecular weight excluding hydrogens is 386 g/mol. The number of aromatic nitrogens is 3.